The van der Waals surface area contributed by atoms with Crippen LogP contribution in [0, 0.1) is 11.8 Å². The maximum Gasteiger partial charge on any atom is 0.332 e. The van der Waals surface area contributed by atoms with Crippen LogP contribution in [0.25, 0.3) is 0 Å². The summed E-state index contributed by atoms with van der Waals surface area (Å²) in [7, 11) is 0. The molecule has 1 aliphatic heterocycles. The highest BCUT2D eigenvalue weighted by molar-refractivity contribution is 5.95. The lowest BCUT2D eigenvalue weighted by Gasteiger charge is -2.29. The van der Waals surface area contributed by atoms with Crippen molar-refractivity contribution in [3.63, 3.8) is 0 Å². The standard InChI is InChI=1S/C24H27N3O8/c1-13(2)22(30)35-19-14(3)34-24(32)17(27-21(29)18-20(28)26-10-9-25-18)12-33-23(31)16(19)11-15-7-5-4-6-8-15/h4-10,13-14,16-17,19H,11-12H2,1-3H3,(H,26,28)(H,27,29)/t14-,16+,17-,19-/m0/s1. The number of H-pyrrole nitrogens is 1. The smallest absolute Gasteiger partial charge is 0.332 e. The van der Waals surface area contributed by atoms with Crippen LogP contribution in [0.3, 0.4) is 0 Å². The molecule has 2 N–H and O–H groups in total. The van der Waals surface area contributed by atoms with E-state index in [1.807, 2.05) is 18.2 Å². The van der Waals surface area contributed by atoms with Crippen molar-refractivity contribution < 1.29 is 33.4 Å². The first kappa shape index (κ1) is 25.6. The van der Waals surface area contributed by atoms with Gasteiger partial charge in [0.05, 0.1) is 5.92 Å². The van der Waals surface area contributed by atoms with Crippen molar-refractivity contribution in [2.75, 3.05) is 6.61 Å². The zero-order valence-electron chi connectivity index (χ0n) is 19.6. The number of esters is 3. The number of hydrogen-bond acceptors (Lipinski definition) is 9. The molecule has 1 amide bonds. The molecule has 0 aliphatic carbocycles. The molecule has 2 heterocycles. The maximum atomic E-state index is 13.1. The second-order valence-electron chi connectivity index (χ2n) is 8.42. The highest BCUT2D eigenvalue weighted by Crippen LogP contribution is 2.24. The summed E-state index contributed by atoms with van der Waals surface area (Å²) in [6, 6.07) is 7.65. The summed E-state index contributed by atoms with van der Waals surface area (Å²) in [6.07, 6.45) is 0.457. The fourth-order valence-corrected chi connectivity index (χ4v) is 3.49. The quantitative estimate of drug-likeness (QED) is 0.446. The van der Waals surface area contributed by atoms with E-state index in [0.717, 1.165) is 5.56 Å². The van der Waals surface area contributed by atoms with Gasteiger partial charge in [-0.15, -0.1) is 0 Å². The van der Waals surface area contributed by atoms with Gasteiger partial charge in [-0.1, -0.05) is 44.2 Å². The summed E-state index contributed by atoms with van der Waals surface area (Å²) in [4.78, 5) is 68.8. The van der Waals surface area contributed by atoms with Crippen molar-refractivity contribution in [2.45, 2.75) is 45.4 Å². The Morgan fingerprint density at radius 1 is 1.17 bits per heavy atom. The highest BCUT2D eigenvalue weighted by Gasteiger charge is 2.42. The van der Waals surface area contributed by atoms with Crippen molar-refractivity contribution in [1.29, 1.82) is 0 Å². The summed E-state index contributed by atoms with van der Waals surface area (Å²) >= 11 is 0. The number of benzene rings is 1. The Bertz CT molecular complexity index is 1130. The number of cyclic esters (lactones) is 2. The molecular weight excluding hydrogens is 458 g/mol. The minimum Gasteiger partial charge on any atom is -0.463 e. The normalized spacial score (nSPS) is 22.7. The second kappa shape index (κ2) is 11.4. The minimum atomic E-state index is -1.41. The number of hydrogen-bond donors (Lipinski definition) is 2. The Balaban J connectivity index is 1.87. The molecule has 2 aromatic rings. The topological polar surface area (TPSA) is 154 Å². The first-order valence-electron chi connectivity index (χ1n) is 11.1. The number of aromatic amines is 1. The zero-order valence-corrected chi connectivity index (χ0v) is 19.6. The maximum absolute atomic E-state index is 13.1. The van der Waals surface area contributed by atoms with Gasteiger partial charge in [-0.3, -0.25) is 19.2 Å². The summed E-state index contributed by atoms with van der Waals surface area (Å²) in [5, 5.41) is 2.32. The lowest BCUT2D eigenvalue weighted by Crippen LogP contribution is -2.47. The van der Waals surface area contributed by atoms with Gasteiger partial charge >= 0.3 is 17.9 Å². The monoisotopic (exact) mass is 485 g/mol. The molecule has 1 aromatic heterocycles. The Morgan fingerprint density at radius 2 is 1.89 bits per heavy atom. The third-order valence-corrected chi connectivity index (χ3v) is 5.39. The van der Waals surface area contributed by atoms with E-state index < -0.39 is 71.8 Å². The minimum absolute atomic E-state index is 0.165. The van der Waals surface area contributed by atoms with E-state index >= 15 is 0 Å². The molecule has 0 saturated carbocycles. The van der Waals surface area contributed by atoms with E-state index in [1.165, 1.54) is 19.3 Å². The summed E-state index contributed by atoms with van der Waals surface area (Å²) in [5.41, 5.74) is -0.433. The number of nitrogens with zero attached hydrogens (tertiary/aromatic N) is 1. The molecule has 35 heavy (non-hydrogen) atoms. The molecule has 0 spiro atoms. The van der Waals surface area contributed by atoms with Crippen LogP contribution in [0.15, 0.2) is 47.5 Å². The fraction of sp³-hybridized carbons (Fsp3) is 0.417. The van der Waals surface area contributed by atoms with Crippen molar-refractivity contribution in [2.24, 2.45) is 11.8 Å². The lowest BCUT2D eigenvalue weighted by atomic mass is 9.91. The molecule has 4 atom stereocenters. The van der Waals surface area contributed by atoms with E-state index in [0.29, 0.717) is 0 Å². The predicted molar refractivity (Wildman–Crippen MR) is 121 cm³/mol. The number of ether oxygens (including phenoxy) is 3. The van der Waals surface area contributed by atoms with Gasteiger partial charge in [0, 0.05) is 12.4 Å². The third-order valence-electron chi connectivity index (χ3n) is 5.39. The van der Waals surface area contributed by atoms with E-state index in [1.54, 1.807) is 26.0 Å². The van der Waals surface area contributed by atoms with Gasteiger partial charge in [-0.25, -0.2) is 9.78 Å². The van der Waals surface area contributed by atoms with Crippen LogP contribution in [0.1, 0.15) is 36.8 Å². The molecule has 0 bridgehead atoms. The van der Waals surface area contributed by atoms with Crippen LogP contribution in [0.2, 0.25) is 0 Å². The second-order valence-corrected chi connectivity index (χ2v) is 8.42. The lowest BCUT2D eigenvalue weighted by molar-refractivity contribution is -0.176. The van der Waals surface area contributed by atoms with Gasteiger partial charge in [0.15, 0.2) is 17.8 Å². The molecule has 186 valence electrons. The van der Waals surface area contributed by atoms with Gasteiger partial charge in [0.25, 0.3) is 11.5 Å². The van der Waals surface area contributed by atoms with Crippen molar-refractivity contribution in [3.05, 3.63) is 64.3 Å². The van der Waals surface area contributed by atoms with Crippen LogP contribution in [0.5, 0.6) is 0 Å². The van der Waals surface area contributed by atoms with Crippen molar-refractivity contribution >= 4 is 23.8 Å². The number of rotatable bonds is 6. The fourth-order valence-electron chi connectivity index (χ4n) is 3.49. The molecule has 3 rings (SSSR count). The van der Waals surface area contributed by atoms with Crippen LogP contribution < -0.4 is 10.9 Å². The first-order chi connectivity index (χ1) is 16.7. The van der Waals surface area contributed by atoms with E-state index in [2.05, 4.69) is 15.3 Å². The molecule has 1 fully saturated rings. The molecular formula is C24H27N3O8. The number of carbonyl (C=O) groups excluding carboxylic acids is 4. The Morgan fingerprint density at radius 3 is 2.54 bits per heavy atom. The van der Waals surface area contributed by atoms with Crippen LogP contribution in [-0.4, -0.2) is 58.6 Å². The number of nitrogens with one attached hydrogen (secondary N) is 2. The molecule has 1 saturated heterocycles. The highest BCUT2D eigenvalue weighted by atomic mass is 16.6. The summed E-state index contributed by atoms with van der Waals surface area (Å²) < 4.78 is 16.5. The number of amides is 1. The molecule has 0 unspecified atom stereocenters. The van der Waals surface area contributed by atoms with E-state index in [9.17, 15) is 24.0 Å². The summed E-state index contributed by atoms with van der Waals surface area (Å²) in [5.74, 6) is -4.62. The Hall–Kier alpha value is -4.02. The van der Waals surface area contributed by atoms with Crippen LogP contribution >= 0.6 is 0 Å². The molecule has 11 heteroatoms. The van der Waals surface area contributed by atoms with Crippen molar-refractivity contribution in [1.82, 2.24) is 15.3 Å². The zero-order chi connectivity index (χ0) is 25.5. The molecule has 0 radical (unpaired) electrons. The van der Waals surface area contributed by atoms with Gasteiger partial charge in [-0.2, -0.15) is 0 Å². The molecule has 1 aliphatic rings. The average molecular weight is 485 g/mol. The molecule has 1 aromatic carbocycles. The van der Waals surface area contributed by atoms with E-state index in [4.69, 9.17) is 14.2 Å². The Kier molecular flexibility index (Phi) is 8.34. The first-order valence-corrected chi connectivity index (χ1v) is 11.1. The van der Waals surface area contributed by atoms with Crippen LogP contribution in [-0.2, 0) is 35.0 Å². The average Bonchev–Trinajstić information content (AvgIpc) is 2.86. The van der Waals surface area contributed by atoms with Crippen LogP contribution in [0.4, 0.5) is 0 Å². The van der Waals surface area contributed by atoms with Gasteiger partial charge in [0.1, 0.15) is 18.6 Å². The van der Waals surface area contributed by atoms with Gasteiger partial charge in [0.2, 0.25) is 0 Å². The predicted octanol–water partition coefficient (Wildman–Crippen LogP) is 0.784. The molecule has 11 nitrogen and oxygen atoms in total. The third kappa shape index (κ3) is 6.52. The largest absolute Gasteiger partial charge is 0.463 e. The van der Waals surface area contributed by atoms with E-state index in [-0.39, 0.29) is 6.42 Å². The SMILES string of the molecule is CC(C)C(=O)O[C@H]1[C@H](C)OC(=O)[C@@H](NC(=O)c2ncc[nH]c2=O)COC(=O)[C@@H]1Cc1ccccc1. The van der Waals surface area contributed by atoms with Crippen molar-refractivity contribution in [3.8, 4) is 0 Å². The number of aromatic nitrogens is 2. The Labute approximate surface area is 201 Å². The number of carbonyl (C=O) groups is 4. The van der Waals surface area contributed by atoms with Gasteiger partial charge < -0.3 is 24.5 Å². The van der Waals surface area contributed by atoms with Gasteiger partial charge in [-0.05, 0) is 18.9 Å². The summed E-state index contributed by atoms with van der Waals surface area (Å²) in [6.45, 7) is 4.24.